The lowest BCUT2D eigenvalue weighted by molar-refractivity contribution is -0.142. The Labute approximate surface area is 158 Å². The van der Waals surface area contributed by atoms with Gasteiger partial charge in [-0.3, -0.25) is 4.79 Å². The highest BCUT2D eigenvalue weighted by Crippen LogP contribution is 2.29. The number of hydrogen-bond donors (Lipinski definition) is 1. The third-order valence-corrected chi connectivity index (χ3v) is 3.92. The molecule has 1 N–H and O–H groups in total. The Morgan fingerprint density at radius 2 is 1.89 bits per heavy atom. The summed E-state index contributed by atoms with van der Waals surface area (Å²) in [6.45, 7) is 1.18. The second-order valence-corrected chi connectivity index (χ2v) is 5.93. The number of carbonyl (C=O) groups excluding carboxylic acids is 2. The average Bonchev–Trinajstić information content (AvgIpc) is 2.61. The molecular formula is C19H15ClF3NO3. The number of halogens is 4. The monoisotopic (exact) mass is 397 g/mol. The topological polar surface area (TPSA) is 55.4 Å². The summed E-state index contributed by atoms with van der Waals surface area (Å²) in [4.78, 5) is 23.5. The van der Waals surface area contributed by atoms with E-state index in [0.717, 1.165) is 18.2 Å². The van der Waals surface area contributed by atoms with Gasteiger partial charge in [0.25, 0.3) is 5.91 Å². The molecule has 0 bridgehead atoms. The molecule has 0 radical (unpaired) electrons. The van der Waals surface area contributed by atoms with Crippen LogP contribution >= 0.6 is 11.6 Å². The van der Waals surface area contributed by atoms with Crippen molar-refractivity contribution in [2.75, 3.05) is 11.9 Å². The standard InChI is InChI=1S/C19H15ClF3NO3/c1-12-15(20)6-3-7-16(12)24-17(25)11-27-18(26)9-8-13-4-2-5-14(10-13)19(21,22)23/h2-10H,11H2,1H3,(H,24,25)/b9-8+. The van der Waals surface area contributed by atoms with Crippen molar-refractivity contribution in [3.8, 4) is 0 Å². The van der Waals surface area contributed by atoms with E-state index in [1.165, 1.54) is 18.2 Å². The van der Waals surface area contributed by atoms with E-state index in [2.05, 4.69) is 5.32 Å². The maximum absolute atomic E-state index is 12.6. The molecular weight excluding hydrogens is 383 g/mol. The minimum atomic E-state index is -4.47. The van der Waals surface area contributed by atoms with E-state index in [0.29, 0.717) is 16.3 Å². The summed E-state index contributed by atoms with van der Waals surface area (Å²) in [7, 11) is 0. The smallest absolute Gasteiger partial charge is 0.416 e. The molecule has 0 aliphatic carbocycles. The predicted molar refractivity (Wildman–Crippen MR) is 96.3 cm³/mol. The molecule has 142 valence electrons. The number of amides is 1. The lowest BCUT2D eigenvalue weighted by Gasteiger charge is -2.09. The van der Waals surface area contributed by atoms with Gasteiger partial charge in [-0.1, -0.05) is 29.8 Å². The fourth-order valence-electron chi connectivity index (χ4n) is 2.10. The fraction of sp³-hybridized carbons (Fsp3) is 0.158. The van der Waals surface area contributed by atoms with Crippen molar-refractivity contribution in [1.29, 1.82) is 0 Å². The van der Waals surface area contributed by atoms with E-state index >= 15 is 0 Å². The van der Waals surface area contributed by atoms with Gasteiger partial charge in [-0.25, -0.2) is 4.79 Å². The lowest BCUT2D eigenvalue weighted by Crippen LogP contribution is -2.20. The van der Waals surface area contributed by atoms with Crippen LogP contribution in [-0.4, -0.2) is 18.5 Å². The second kappa shape index (κ2) is 8.73. The Kier molecular flexibility index (Phi) is 6.63. The first kappa shape index (κ1) is 20.5. The summed E-state index contributed by atoms with van der Waals surface area (Å²) in [5.41, 5.74) is 0.515. The van der Waals surface area contributed by atoms with Gasteiger partial charge in [0.15, 0.2) is 6.61 Å². The van der Waals surface area contributed by atoms with Crippen LogP contribution in [0, 0.1) is 6.92 Å². The molecule has 27 heavy (non-hydrogen) atoms. The summed E-state index contributed by atoms with van der Waals surface area (Å²) >= 11 is 5.95. The van der Waals surface area contributed by atoms with Gasteiger partial charge >= 0.3 is 12.1 Å². The van der Waals surface area contributed by atoms with Gasteiger partial charge in [-0.05, 0) is 48.4 Å². The number of anilines is 1. The molecule has 0 aliphatic rings. The molecule has 8 heteroatoms. The average molecular weight is 398 g/mol. The van der Waals surface area contributed by atoms with Crippen molar-refractivity contribution in [2.24, 2.45) is 0 Å². The Morgan fingerprint density at radius 1 is 1.19 bits per heavy atom. The third-order valence-electron chi connectivity index (χ3n) is 3.51. The number of ether oxygens (including phenoxy) is 1. The van der Waals surface area contributed by atoms with Crippen molar-refractivity contribution in [3.63, 3.8) is 0 Å². The van der Waals surface area contributed by atoms with Crippen molar-refractivity contribution >= 4 is 35.2 Å². The molecule has 0 saturated heterocycles. The number of carbonyl (C=O) groups is 2. The zero-order valence-corrected chi connectivity index (χ0v) is 14.9. The van der Waals surface area contributed by atoms with E-state index < -0.39 is 30.2 Å². The molecule has 2 aromatic rings. The van der Waals surface area contributed by atoms with Crippen LogP contribution in [0.2, 0.25) is 5.02 Å². The van der Waals surface area contributed by atoms with Crippen molar-refractivity contribution in [3.05, 3.63) is 70.3 Å². The molecule has 0 heterocycles. The van der Waals surface area contributed by atoms with Crippen molar-refractivity contribution < 1.29 is 27.5 Å². The van der Waals surface area contributed by atoms with E-state index in [1.54, 1.807) is 25.1 Å². The first-order chi connectivity index (χ1) is 12.7. The Morgan fingerprint density at radius 3 is 2.59 bits per heavy atom. The minimum Gasteiger partial charge on any atom is -0.452 e. The highest BCUT2D eigenvalue weighted by atomic mass is 35.5. The molecule has 4 nitrogen and oxygen atoms in total. The quantitative estimate of drug-likeness (QED) is 0.579. The minimum absolute atomic E-state index is 0.181. The summed E-state index contributed by atoms with van der Waals surface area (Å²) < 4.78 is 42.7. The highest BCUT2D eigenvalue weighted by Gasteiger charge is 2.30. The van der Waals surface area contributed by atoms with Crippen molar-refractivity contribution in [2.45, 2.75) is 13.1 Å². The number of alkyl halides is 3. The molecule has 1 amide bonds. The van der Waals surface area contributed by atoms with E-state index in [9.17, 15) is 22.8 Å². The van der Waals surface area contributed by atoms with Crippen LogP contribution in [0.3, 0.4) is 0 Å². The molecule has 2 aromatic carbocycles. The molecule has 0 unspecified atom stereocenters. The predicted octanol–water partition coefficient (Wildman–Crippen LogP) is 4.86. The van der Waals surface area contributed by atoms with Gasteiger partial charge in [0.05, 0.1) is 5.56 Å². The third kappa shape index (κ3) is 6.14. The SMILES string of the molecule is Cc1c(Cl)cccc1NC(=O)COC(=O)/C=C/c1cccc(C(F)(F)F)c1. The lowest BCUT2D eigenvalue weighted by atomic mass is 10.1. The fourth-order valence-corrected chi connectivity index (χ4v) is 2.27. The first-order valence-electron chi connectivity index (χ1n) is 7.74. The highest BCUT2D eigenvalue weighted by molar-refractivity contribution is 6.31. The number of esters is 1. The van der Waals surface area contributed by atoms with Crippen LogP contribution in [-0.2, 0) is 20.5 Å². The van der Waals surface area contributed by atoms with Gasteiger partial charge < -0.3 is 10.1 Å². The maximum atomic E-state index is 12.6. The van der Waals surface area contributed by atoms with E-state index in [4.69, 9.17) is 16.3 Å². The van der Waals surface area contributed by atoms with Crippen LogP contribution in [0.25, 0.3) is 6.08 Å². The maximum Gasteiger partial charge on any atom is 0.416 e. The molecule has 0 aliphatic heterocycles. The largest absolute Gasteiger partial charge is 0.452 e. The van der Waals surface area contributed by atoms with Crippen molar-refractivity contribution in [1.82, 2.24) is 0 Å². The summed E-state index contributed by atoms with van der Waals surface area (Å²) in [6, 6.07) is 9.45. The van der Waals surface area contributed by atoms with E-state index in [-0.39, 0.29) is 5.56 Å². The van der Waals surface area contributed by atoms with Gasteiger partial charge in [0.2, 0.25) is 0 Å². The number of rotatable bonds is 5. The summed E-state index contributed by atoms with van der Waals surface area (Å²) in [5, 5.41) is 3.03. The van der Waals surface area contributed by atoms with Crippen LogP contribution in [0.1, 0.15) is 16.7 Å². The molecule has 0 aromatic heterocycles. The molecule has 0 atom stereocenters. The Bertz CT molecular complexity index is 879. The van der Waals surface area contributed by atoms with Gasteiger partial charge in [-0.15, -0.1) is 0 Å². The first-order valence-corrected chi connectivity index (χ1v) is 8.11. The van der Waals surface area contributed by atoms with Crippen LogP contribution in [0.15, 0.2) is 48.5 Å². The van der Waals surface area contributed by atoms with Crippen LogP contribution in [0.5, 0.6) is 0 Å². The zero-order valence-electron chi connectivity index (χ0n) is 14.1. The molecule has 0 spiro atoms. The van der Waals surface area contributed by atoms with Crippen LogP contribution in [0.4, 0.5) is 18.9 Å². The molecule has 0 fully saturated rings. The number of hydrogen-bond acceptors (Lipinski definition) is 3. The Balaban J connectivity index is 1.90. The number of nitrogens with one attached hydrogen (secondary N) is 1. The van der Waals surface area contributed by atoms with Crippen LogP contribution < -0.4 is 5.32 Å². The van der Waals surface area contributed by atoms with E-state index in [1.807, 2.05) is 0 Å². The molecule has 2 rings (SSSR count). The van der Waals surface area contributed by atoms with Gasteiger partial charge in [-0.2, -0.15) is 13.2 Å². The van der Waals surface area contributed by atoms with Gasteiger partial charge in [0, 0.05) is 16.8 Å². The zero-order chi connectivity index (χ0) is 20.0. The normalized spacial score (nSPS) is 11.4. The van der Waals surface area contributed by atoms with Gasteiger partial charge in [0.1, 0.15) is 0 Å². The number of benzene rings is 2. The summed E-state index contributed by atoms with van der Waals surface area (Å²) in [6.07, 6.45) is -2.34. The summed E-state index contributed by atoms with van der Waals surface area (Å²) in [5.74, 6) is -1.42. The molecule has 0 saturated carbocycles. The second-order valence-electron chi connectivity index (χ2n) is 5.52. The Hall–Kier alpha value is -2.80.